The van der Waals surface area contributed by atoms with Gasteiger partial charge < -0.3 is 20.1 Å². The maximum Gasteiger partial charge on any atom is 0.319 e. The Hall–Kier alpha value is -1.75. The van der Waals surface area contributed by atoms with Crippen LogP contribution in [0.5, 0.6) is 5.75 Å². The predicted octanol–water partition coefficient (Wildman–Crippen LogP) is 2.78. The van der Waals surface area contributed by atoms with Crippen molar-refractivity contribution in [3.63, 3.8) is 0 Å². The average Bonchev–Trinajstić information content (AvgIpc) is 2.97. The van der Waals surface area contributed by atoms with Gasteiger partial charge in [-0.25, -0.2) is 4.79 Å². The fraction of sp³-hybridized carbons (Fsp3) is 0.533. The molecule has 1 aromatic rings. The maximum absolute atomic E-state index is 11.9. The van der Waals surface area contributed by atoms with E-state index >= 15 is 0 Å². The summed E-state index contributed by atoms with van der Waals surface area (Å²) in [5, 5.41) is 5.64. The Morgan fingerprint density at radius 1 is 1.45 bits per heavy atom. The summed E-state index contributed by atoms with van der Waals surface area (Å²) in [4.78, 5) is 11.9. The number of carbonyl (C=O) groups is 1. The Kier molecular flexibility index (Phi) is 5.68. The first kappa shape index (κ1) is 14.7. The molecule has 1 atom stereocenters. The Morgan fingerprint density at radius 3 is 3.05 bits per heavy atom. The van der Waals surface area contributed by atoms with Crippen molar-refractivity contribution < 1.29 is 14.3 Å². The van der Waals surface area contributed by atoms with Crippen LogP contribution in [0.1, 0.15) is 26.2 Å². The molecule has 2 amide bonds. The number of hydrogen-bond donors (Lipinski definition) is 2. The van der Waals surface area contributed by atoms with Crippen LogP contribution in [0.3, 0.4) is 0 Å². The molecule has 1 aromatic carbocycles. The molecule has 0 saturated carbocycles. The van der Waals surface area contributed by atoms with Gasteiger partial charge in [0.25, 0.3) is 0 Å². The lowest BCUT2D eigenvalue weighted by molar-refractivity contribution is 0.112. The van der Waals surface area contributed by atoms with Gasteiger partial charge in [-0.15, -0.1) is 0 Å². The molecule has 2 N–H and O–H groups in total. The molecule has 0 bridgehead atoms. The smallest absolute Gasteiger partial charge is 0.319 e. The minimum absolute atomic E-state index is 0.146. The summed E-state index contributed by atoms with van der Waals surface area (Å²) >= 11 is 0. The van der Waals surface area contributed by atoms with Gasteiger partial charge in [0.1, 0.15) is 5.75 Å². The van der Waals surface area contributed by atoms with Crippen LogP contribution in [0.25, 0.3) is 0 Å². The number of anilines is 1. The number of carbonyl (C=O) groups excluding carboxylic acids is 1. The zero-order valence-electron chi connectivity index (χ0n) is 11.9. The molecular formula is C15H22N2O3. The van der Waals surface area contributed by atoms with Gasteiger partial charge in [0.15, 0.2) is 0 Å². The lowest BCUT2D eigenvalue weighted by atomic mass is 10.2. The van der Waals surface area contributed by atoms with Crippen LogP contribution in [0, 0.1) is 0 Å². The van der Waals surface area contributed by atoms with Crippen LogP contribution in [0.15, 0.2) is 24.3 Å². The highest BCUT2D eigenvalue weighted by molar-refractivity contribution is 5.90. The minimum atomic E-state index is -0.229. The Labute approximate surface area is 119 Å². The summed E-state index contributed by atoms with van der Waals surface area (Å²) in [6, 6.07) is 7.21. The first-order chi connectivity index (χ1) is 9.79. The molecule has 0 aromatic heterocycles. The number of rotatable bonds is 6. The van der Waals surface area contributed by atoms with Crippen molar-refractivity contribution in [1.82, 2.24) is 5.32 Å². The Bertz CT molecular complexity index is 431. The second kappa shape index (κ2) is 7.75. The van der Waals surface area contributed by atoms with Crippen LogP contribution in [0.4, 0.5) is 10.5 Å². The van der Waals surface area contributed by atoms with Gasteiger partial charge in [-0.2, -0.15) is 0 Å². The highest BCUT2D eigenvalue weighted by Crippen LogP contribution is 2.23. The molecule has 1 saturated heterocycles. The quantitative estimate of drug-likeness (QED) is 0.841. The van der Waals surface area contributed by atoms with Crippen molar-refractivity contribution in [2.24, 2.45) is 0 Å². The summed E-state index contributed by atoms with van der Waals surface area (Å²) in [7, 11) is 0. The highest BCUT2D eigenvalue weighted by atomic mass is 16.5. The largest absolute Gasteiger partial charge is 0.491 e. The number of urea groups is 1. The molecule has 2 rings (SSSR count). The van der Waals surface area contributed by atoms with E-state index in [9.17, 15) is 4.79 Å². The topological polar surface area (TPSA) is 59.6 Å². The predicted molar refractivity (Wildman–Crippen MR) is 78.2 cm³/mol. The lowest BCUT2D eigenvalue weighted by Gasteiger charge is -2.14. The third-order valence-corrected chi connectivity index (χ3v) is 3.11. The summed E-state index contributed by atoms with van der Waals surface area (Å²) < 4.78 is 11.1. The standard InChI is InChI=1S/C15H22N2O3/c1-2-9-20-14-8-4-3-7-13(14)17-15(18)16-11-12-6-5-10-19-12/h3-4,7-8,12H,2,5-6,9-11H2,1H3,(H2,16,17,18). The SMILES string of the molecule is CCCOc1ccccc1NC(=O)NCC1CCCO1. The van der Waals surface area contributed by atoms with Crippen molar-refractivity contribution in [1.29, 1.82) is 0 Å². The second-order valence-corrected chi connectivity index (χ2v) is 4.81. The average molecular weight is 278 g/mol. The fourth-order valence-corrected chi connectivity index (χ4v) is 2.09. The number of para-hydroxylation sites is 2. The maximum atomic E-state index is 11.9. The third-order valence-electron chi connectivity index (χ3n) is 3.11. The molecular weight excluding hydrogens is 256 g/mol. The first-order valence-corrected chi connectivity index (χ1v) is 7.18. The van der Waals surface area contributed by atoms with Crippen LogP contribution in [0.2, 0.25) is 0 Å². The van der Waals surface area contributed by atoms with Crippen molar-refractivity contribution in [2.75, 3.05) is 25.1 Å². The molecule has 5 nitrogen and oxygen atoms in total. The van der Waals surface area contributed by atoms with Crippen molar-refractivity contribution in [3.05, 3.63) is 24.3 Å². The van der Waals surface area contributed by atoms with Gasteiger partial charge >= 0.3 is 6.03 Å². The van der Waals surface area contributed by atoms with Crippen LogP contribution < -0.4 is 15.4 Å². The van der Waals surface area contributed by atoms with E-state index < -0.39 is 0 Å². The van der Waals surface area contributed by atoms with Gasteiger partial charge in [-0.1, -0.05) is 19.1 Å². The minimum Gasteiger partial charge on any atom is -0.491 e. The molecule has 1 aliphatic rings. The van der Waals surface area contributed by atoms with E-state index in [0.29, 0.717) is 24.6 Å². The molecule has 0 radical (unpaired) electrons. The Balaban J connectivity index is 1.83. The molecule has 1 aliphatic heterocycles. The third kappa shape index (κ3) is 4.42. The highest BCUT2D eigenvalue weighted by Gasteiger charge is 2.16. The lowest BCUT2D eigenvalue weighted by Crippen LogP contribution is -2.35. The van der Waals surface area contributed by atoms with Crippen molar-refractivity contribution in [3.8, 4) is 5.75 Å². The molecule has 1 unspecified atom stereocenters. The van der Waals surface area contributed by atoms with E-state index in [4.69, 9.17) is 9.47 Å². The molecule has 0 aliphatic carbocycles. The summed E-state index contributed by atoms with van der Waals surface area (Å²) in [5.74, 6) is 0.696. The summed E-state index contributed by atoms with van der Waals surface area (Å²) in [6.07, 6.45) is 3.16. The molecule has 5 heteroatoms. The first-order valence-electron chi connectivity index (χ1n) is 7.18. The molecule has 20 heavy (non-hydrogen) atoms. The van der Waals surface area contributed by atoms with Gasteiger partial charge in [0, 0.05) is 13.2 Å². The molecule has 1 heterocycles. The zero-order valence-corrected chi connectivity index (χ0v) is 11.9. The number of hydrogen-bond acceptors (Lipinski definition) is 3. The van der Waals surface area contributed by atoms with E-state index in [1.807, 2.05) is 31.2 Å². The van der Waals surface area contributed by atoms with Gasteiger partial charge in [0.2, 0.25) is 0 Å². The van der Waals surface area contributed by atoms with Crippen LogP contribution in [-0.4, -0.2) is 31.9 Å². The zero-order chi connectivity index (χ0) is 14.2. The molecule has 110 valence electrons. The van der Waals surface area contributed by atoms with E-state index in [1.165, 1.54) is 0 Å². The monoisotopic (exact) mass is 278 g/mol. The van der Waals surface area contributed by atoms with E-state index in [2.05, 4.69) is 10.6 Å². The molecule has 0 spiro atoms. The van der Waals surface area contributed by atoms with Crippen LogP contribution in [-0.2, 0) is 4.74 Å². The van der Waals surface area contributed by atoms with E-state index in [-0.39, 0.29) is 12.1 Å². The van der Waals surface area contributed by atoms with E-state index in [1.54, 1.807) is 0 Å². The van der Waals surface area contributed by atoms with Gasteiger partial charge in [0.05, 0.1) is 18.4 Å². The van der Waals surface area contributed by atoms with Crippen molar-refractivity contribution >= 4 is 11.7 Å². The van der Waals surface area contributed by atoms with Gasteiger partial charge in [-0.05, 0) is 31.4 Å². The fourth-order valence-electron chi connectivity index (χ4n) is 2.09. The molecule has 1 fully saturated rings. The van der Waals surface area contributed by atoms with Crippen molar-refractivity contribution in [2.45, 2.75) is 32.3 Å². The van der Waals surface area contributed by atoms with E-state index in [0.717, 1.165) is 25.9 Å². The number of benzene rings is 1. The second-order valence-electron chi connectivity index (χ2n) is 4.81. The van der Waals surface area contributed by atoms with Gasteiger partial charge in [-0.3, -0.25) is 0 Å². The van der Waals surface area contributed by atoms with Crippen LogP contribution >= 0.6 is 0 Å². The Morgan fingerprint density at radius 2 is 2.30 bits per heavy atom. The summed E-state index contributed by atoms with van der Waals surface area (Å²) in [5.41, 5.74) is 0.686. The summed E-state index contributed by atoms with van der Waals surface area (Å²) in [6.45, 7) is 4.02. The number of amides is 2. The number of nitrogens with one attached hydrogen (secondary N) is 2. The number of ether oxygens (including phenoxy) is 2. The normalized spacial score (nSPS) is 17.8.